The lowest BCUT2D eigenvalue weighted by Gasteiger charge is -2.22. The molecule has 2 aromatic rings. The van der Waals surface area contributed by atoms with Crippen LogP contribution in [0.2, 0.25) is 0 Å². The SMILES string of the molecule is CCN(CC)c1ccc(Nc2ccc([N+](=O)[O-])cc2C)c(C)c1. The van der Waals surface area contributed by atoms with Crippen LogP contribution in [0, 0.1) is 24.0 Å². The number of aryl methyl sites for hydroxylation is 2. The lowest BCUT2D eigenvalue weighted by Crippen LogP contribution is -2.21. The molecule has 2 aromatic carbocycles. The lowest BCUT2D eigenvalue weighted by atomic mass is 10.1. The van der Waals surface area contributed by atoms with E-state index in [0.717, 1.165) is 35.6 Å². The summed E-state index contributed by atoms with van der Waals surface area (Å²) >= 11 is 0. The van der Waals surface area contributed by atoms with E-state index in [4.69, 9.17) is 0 Å². The van der Waals surface area contributed by atoms with E-state index >= 15 is 0 Å². The van der Waals surface area contributed by atoms with Crippen molar-refractivity contribution in [3.8, 4) is 0 Å². The van der Waals surface area contributed by atoms with Crippen molar-refractivity contribution in [3.05, 3.63) is 57.6 Å². The second-order valence-electron chi connectivity index (χ2n) is 5.55. The van der Waals surface area contributed by atoms with E-state index in [1.165, 1.54) is 11.8 Å². The highest BCUT2D eigenvalue weighted by Gasteiger charge is 2.10. The molecular formula is C18H23N3O2. The molecule has 0 bridgehead atoms. The van der Waals surface area contributed by atoms with Gasteiger partial charge in [-0.05, 0) is 63.1 Å². The normalized spacial score (nSPS) is 10.4. The summed E-state index contributed by atoms with van der Waals surface area (Å²) in [5.74, 6) is 0. The summed E-state index contributed by atoms with van der Waals surface area (Å²) in [6.45, 7) is 10.2. The molecule has 0 saturated carbocycles. The fraction of sp³-hybridized carbons (Fsp3) is 0.333. The number of nitrogens with zero attached hydrogens (tertiary/aromatic N) is 2. The van der Waals surface area contributed by atoms with Gasteiger partial charge >= 0.3 is 0 Å². The van der Waals surface area contributed by atoms with Crippen molar-refractivity contribution < 1.29 is 4.92 Å². The van der Waals surface area contributed by atoms with Gasteiger partial charge in [0.25, 0.3) is 5.69 Å². The van der Waals surface area contributed by atoms with Crippen LogP contribution in [0.5, 0.6) is 0 Å². The van der Waals surface area contributed by atoms with Gasteiger partial charge in [0, 0.05) is 42.3 Å². The highest BCUT2D eigenvalue weighted by atomic mass is 16.6. The number of non-ortho nitro benzene ring substituents is 1. The van der Waals surface area contributed by atoms with Gasteiger partial charge in [-0.1, -0.05) is 0 Å². The number of nitro groups is 1. The van der Waals surface area contributed by atoms with Crippen LogP contribution < -0.4 is 10.2 Å². The molecule has 0 atom stereocenters. The van der Waals surface area contributed by atoms with Crippen molar-refractivity contribution in [2.45, 2.75) is 27.7 Å². The summed E-state index contributed by atoms with van der Waals surface area (Å²) in [7, 11) is 0. The number of hydrogen-bond donors (Lipinski definition) is 1. The summed E-state index contributed by atoms with van der Waals surface area (Å²) in [5, 5.41) is 14.2. The second-order valence-corrected chi connectivity index (χ2v) is 5.55. The molecule has 0 radical (unpaired) electrons. The van der Waals surface area contributed by atoms with Gasteiger partial charge in [-0.2, -0.15) is 0 Å². The molecule has 0 fully saturated rings. The van der Waals surface area contributed by atoms with E-state index in [-0.39, 0.29) is 10.6 Å². The largest absolute Gasteiger partial charge is 0.372 e. The number of anilines is 3. The van der Waals surface area contributed by atoms with Crippen LogP contribution in [0.3, 0.4) is 0 Å². The number of benzene rings is 2. The summed E-state index contributed by atoms with van der Waals surface area (Å²) < 4.78 is 0. The molecule has 0 saturated heterocycles. The molecular weight excluding hydrogens is 290 g/mol. The molecule has 0 amide bonds. The Balaban J connectivity index is 2.25. The molecule has 2 rings (SSSR count). The molecule has 0 spiro atoms. The van der Waals surface area contributed by atoms with Crippen molar-refractivity contribution >= 4 is 22.7 Å². The minimum Gasteiger partial charge on any atom is -0.372 e. The van der Waals surface area contributed by atoms with Gasteiger partial charge < -0.3 is 10.2 Å². The third-order valence-electron chi connectivity index (χ3n) is 4.03. The number of rotatable bonds is 6. The predicted molar refractivity (Wildman–Crippen MR) is 95.9 cm³/mol. The molecule has 0 unspecified atom stereocenters. The Morgan fingerprint density at radius 3 is 2.04 bits per heavy atom. The van der Waals surface area contributed by atoms with Gasteiger partial charge in [-0.25, -0.2) is 0 Å². The van der Waals surface area contributed by atoms with E-state index in [9.17, 15) is 10.1 Å². The molecule has 5 nitrogen and oxygen atoms in total. The third-order valence-corrected chi connectivity index (χ3v) is 4.03. The van der Waals surface area contributed by atoms with E-state index in [1.54, 1.807) is 12.1 Å². The summed E-state index contributed by atoms with van der Waals surface area (Å²) in [6.07, 6.45) is 0. The molecule has 0 aliphatic heterocycles. The van der Waals surface area contributed by atoms with Gasteiger partial charge in [0.05, 0.1) is 4.92 Å². The van der Waals surface area contributed by atoms with Gasteiger partial charge in [0.1, 0.15) is 0 Å². The quantitative estimate of drug-likeness (QED) is 0.614. The molecule has 0 aliphatic rings. The first-order valence-electron chi connectivity index (χ1n) is 7.84. The van der Waals surface area contributed by atoms with E-state index in [1.807, 2.05) is 6.92 Å². The van der Waals surface area contributed by atoms with Crippen LogP contribution in [0.1, 0.15) is 25.0 Å². The topological polar surface area (TPSA) is 58.4 Å². The fourth-order valence-electron chi connectivity index (χ4n) is 2.62. The predicted octanol–water partition coefficient (Wildman–Crippen LogP) is 4.80. The minimum absolute atomic E-state index is 0.113. The zero-order valence-corrected chi connectivity index (χ0v) is 14.1. The Kier molecular flexibility index (Phi) is 5.21. The third kappa shape index (κ3) is 3.80. The average molecular weight is 313 g/mol. The summed E-state index contributed by atoms with van der Waals surface area (Å²) in [5.41, 5.74) is 5.21. The lowest BCUT2D eigenvalue weighted by molar-refractivity contribution is -0.384. The molecule has 5 heteroatoms. The Morgan fingerprint density at radius 2 is 1.57 bits per heavy atom. The molecule has 0 aliphatic carbocycles. The monoisotopic (exact) mass is 313 g/mol. The smallest absolute Gasteiger partial charge is 0.269 e. The van der Waals surface area contributed by atoms with E-state index in [0.29, 0.717) is 0 Å². The van der Waals surface area contributed by atoms with Crippen LogP contribution in [0.25, 0.3) is 0 Å². The first-order valence-corrected chi connectivity index (χ1v) is 7.84. The molecule has 1 N–H and O–H groups in total. The fourth-order valence-corrected chi connectivity index (χ4v) is 2.62. The number of nitro benzene ring substituents is 1. The molecule has 0 heterocycles. The first kappa shape index (κ1) is 16.8. The van der Waals surface area contributed by atoms with Crippen LogP contribution in [-0.4, -0.2) is 18.0 Å². The second kappa shape index (κ2) is 7.13. The Morgan fingerprint density at radius 1 is 1.00 bits per heavy atom. The molecule has 0 aromatic heterocycles. The highest BCUT2D eigenvalue weighted by Crippen LogP contribution is 2.28. The molecule has 122 valence electrons. The van der Waals surface area contributed by atoms with Crippen molar-refractivity contribution in [3.63, 3.8) is 0 Å². The van der Waals surface area contributed by atoms with E-state index in [2.05, 4.69) is 49.2 Å². The van der Waals surface area contributed by atoms with Gasteiger partial charge in [0.15, 0.2) is 0 Å². The Labute approximate surface area is 137 Å². The van der Waals surface area contributed by atoms with Gasteiger partial charge in [-0.15, -0.1) is 0 Å². The zero-order chi connectivity index (χ0) is 17.0. The number of nitrogens with one attached hydrogen (secondary N) is 1. The Bertz CT molecular complexity index is 709. The standard InChI is InChI=1S/C18H23N3O2/c1-5-20(6-2)15-7-9-17(13(3)11-15)19-18-10-8-16(21(22)23)12-14(18)4/h7-12,19H,5-6H2,1-4H3. The van der Waals surface area contributed by atoms with Gasteiger partial charge in [0.2, 0.25) is 0 Å². The van der Waals surface area contributed by atoms with Crippen LogP contribution in [0.4, 0.5) is 22.7 Å². The van der Waals surface area contributed by atoms with Crippen LogP contribution >= 0.6 is 0 Å². The zero-order valence-electron chi connectivity index (χ0n) is 14.1. The van der Waals surface area contributed by atoms with Crippen molar-refractivity contribution in [1.29, 1.82) is 0 Å². The summed E-state index contributed by atoms with van der Waals surface area (Å²) in [6, 6.07) is 11.2. The highest BCUT2D eigenvalue weighted by molar-refractivity contribution is 5.69. The van der Waals surface area contributed by atoms with Crippen molar-refractivity contribution in [1.82, 2.24) is 0 Å². The Hall–Kier alpha value is -2.56. The van der Waals surface area contributed by atoms with Crippen LogP contribution in [0.15, 0.2) is 36.4 Å². The van der Waals surface area contributed by atoms with E-state index < -0.39 is 0 Å². The average Bonchev–Trinajstić information content (AvgIpc) is 2.52. The summed E-state index contributed by atoms with van der Waals surface area (Å²) in [4.78, 5) is 12.7. The minimum atomic E-state index is -0.374. The molecule has 23 heavy (non-hydrogen) atoms. The van der Waals surface area contributed by atoms with Crippen molar-refractivity contribution in [2.24, 2.45) is 0 Å². The van der Waals surface area contributed by atoms with Gasteiger partial charge in [-0.3, -0.25) is 10.1 Å². The first-order chi connectivity index (χ1) is 11.0. The van der Waals surface area contributed by atoms with Crippen molar-refractivity contribution in [2.75, 3.05) is 23.3 Å². The maximum absolute atomic E-state index is 10.8. The maximum Gasteiger partial charge on any atom is 0.269 e. The van der Waals surface area contributed by atoms with Crippen LogP contribution in [-0.2, 0) is 0 Å². The maximum atomic E-state index is 10.8. The number of hydrogen-bond acceptors (Lipinski definition) is 4.